The number of carbonyl (C=O) groups is 2. The lowest BCUT2D eigenvalue weighted by Gasteiger charge is -2.20. The minimum Gasteiger partial charge on any atom is -0.493 e. The molecule has 10 nitrogen and oxygen atoms in total. The number of benzene rings is 2. The molecule has 0 bridgehead atoms. The molecular formula is C24H23N5O5. The minimum atomic E-state index is -0.913. The predicted molar refractivity (Wildman–Crippen MR) is 121 cm³/mol. The van der Waals surface area contributed by atoms with E-state index >= 15 is 0 Å². The van der Waals surface area contributed by atoms with Crippen molar-refractivity contribution < 1.29 is 23.5 Å². The molecule has 0 saturated carbocycles. The van der Waals surface area contributed by atoms with Gasteiger partial charge in [0.25, 0.3) is 11.8 Å². The van der Waals surface area contributed by atoms with Crippen LogP contribution in [0, 0.1) is 13.8 Å². The van der Waals surface area contributed by atoms with Crippen molar-refractivity contribution in [2.75, 3.05) is 19.1 Å². The first kappa shape index (κ1) is 21.6. The lowest BCUT2D eigenvalue weighted by atomic mass is 10.1. The van der Waals surface area contributed by atoms with Gasteiger partial charge < -0.3 is 13.9 Å². The Morgan fingerprint density at radius 2 is 1.71 bits per heavy atom. The van der Waals surface area contributed by atoms with Crippen LogP contribution in [0.1, 0.15) is 17.0 Å². The molecular weight excluding hydrogens is 438 g/mol. The Labute approximate surface area is 195 Å². The number of hydrogen-bond acceptors (Lipinski definition) is 9. The number of imide groups is 1. The summed E-state index contributed by atoms with van der Waals surface area (Å²) >= 11 is 0. The van der Waals surface area contributed by atoms with E-state index < -0.39 is 23.9 Å². The van der Waals surface area contributed by atoms with Gasteiger partial charge in [-0.05, 0) is 38.1 Å². The molecule has 174 valence electrons. The van der Waals surface area contributed by atoms with Gasteiger partial charge in [0.2, 0.25) is 5.89 Å². The summed E-state index contributed by atoms with van der Waals surface area (Å²) in [5, 5.41) is 9.69. The van der Waals surface area contributed by atoms with Crippen molar-refractivity contribution in [3.8, 4) is 23.0 Å². The van der Waals surface area contributed by atoms with Gasteiger partial charge in [-0.15, -0.1) is 0 Å². The number of nitrogens with zero attached hydrogens (tertiary/aromatic N) is 5. The molecule has 0 N–H and O–H groups in total. The summed E-state index contributed by atoms with van der Waals surface area (Å²) in [7, 11) is 3.01. The third-order valence-corrected chi connectivity index (χ3v) is 5.99. The fraction of sp³-hybridized carbons (Fsp3) is 0.292. The van der Waals surface area contributed by atoms with Crippen molar-refractivity contribution in [3.63, 3.8) is 0 Å². The van der Waals surface area contributed by atoms with E-state index in [1.807, 2.05) is 38.1 Å². The zero-order valence-corrected chi connectivity index (χ0v) is 19.2. The number of fused-ring (bicyclic) bond motifs is 1. The standard InChI is InChI=1S/C24H23N5O5/c1-13-5-7-15(8-6-13)22-25-17(14(2)34-22)12-28-21-20(26-27-28)23(30)29(24(21)31)16-9-10-18(32-3)19(11-16)33-4/h5-11,20-21H,12H2,1-4H3/t20-,21+/m0/s1. The first-order valence-corrected chi connectivity index (χ1v) is 10.7. The van der Waals surface area contributed by atoms with Crippen molar-refractivity contribution >= 4 is 17.5 Å². The maximum absolute atomic E-state index is 13.3. The van der Waals surface area contributed by atoms with Gasteiger partial charge in [0.15, 0.2) is 23.6 Å². The van der Waals surface area contributed by atoms with Crippen molar-refractivity contribution in [3.05, 3.63) is 59.5 Å². The smallest absolute Gasteiger partial charge is 0.263 e. The second-order valence-electron chi connectivity index (χ2n) is 8.13. The van der Waals surface area contributed by atoms with E-state index in [1.165, 1.54) is 19.2 Å². The average molecular weight is 461 g/mol. The van der Waals surface area contributed by atoms with E-state index in [9.17, 15) is 9.59 Å². The second kappa shape index (κ2) is 8.29. The number of hydrogen-bond donors (Lipinski definition) is 0. The average Bonchev–Trinajstić information content (AvgIpc) is 3.49. The van der Waals surface area contributed by atoms with Crippen LogP contribution in [0.2, 0.25) is 0 Å². The van der Waals surface area contributed by atoms with Crippen LogP contribution in [-0.2, 0) is 16.1 Å². The normalized spacial score (nSPS) is 19.2. The Balaban J connectivity index is 1.39. The molecule has 1 fully saturated rings. The summed E-state index contributed by atoms with van der Waals surface area (Å²) in [5.74, 6) is 1.16. The van der Waals surface area contributed by atoms with Gasteiger partial charge in [-0.25, -0.2) is 9.88 Å². The van der Waals surface area contributed by atoms with Gasteiger partial charge in [-0.2, -0.15) is 5.11 Å². The molecule has 2 aliphatic rings. The SMILES string of the molecule is COc1ccc(N2C(=O)[C@H]3N=NN(Cc4nc(-c5ccc(C)cc5)oc4C)[C@H]3C2=O)cc1OC. The third kappa shape index (κ3) is 3.47. The van der Waals surface area contributed by atoms with Crippen LogP contribution in [0.15, 0.2) is 57.2 Å². The number of aryl methyl sites for hydroxylation is 2. The van der Waals surface area contributed by atoms with Gasteiger partial charge >= 0.3 is 0 Å². The number of aromatic nitrogens is 1. The summed E-state index contributed by atoms with van der Waals surface area (Å²) in [5.41, 5.74) is 3.00. The molecule has 5 rings (SSSR count). The molecule has 0 aliphatic carbocycles. The number of carbonyl (C=O) groups excluding carboxylic acids is 2. The Bertz CT molecular complexity index is 1300. The number of ether oxygens (including phenoxy) is 2. The molecule has 0 spiro atoms. The number of methoxy groups -OCH3 is 2. The van der Waals surface area contributed by atoms with Gasteiger partial charge in [0.1, 0.15) is 11.5 Å². The highest BCUT2D eigenvalue weighted by Crippen LogP contribution is 2.37. The minimum absolute atomic E-state index is 0.185. The van der Waals surface area contributed by atoms with Gasteiger partial charge in [0, 0.05) is 11.6 Å². The molecule has 2 aliphatic heterocycles. The Morgan fingerprint density at radius 3 is 2.41 bits per heavy atom. The van der Waals surface area contributed by atoms with Crippen LogP contribution in [0.25, 0.3) is 11.5 Å². The molecule has 3 aromatic rings. The maximum atomic E-state index is 13.3. The molecule has 10 heteroatoms. The van der Waals surface area contributed by atoms with Crippen LogP contribution in [0.5, 0.6) is 11.5 Å². The van der Waals surface area contributed by atoms with E-state index in [0.29, 0.717) is 34.5 Å². The largest absolute Gasteiger partial charge is 0.493 e. The highest BCUT2D eigenvalue weighted by atomic mass is 16.5. The fourth-order valence-electron chi connectivity index (χ4n) is 4.12. The molecule has 1 saturated heterocycles. The van der Waals surface area contributed by atoms with Crippen LogP contribution in [0.3, 0.4) is 0 Å². The molecule has 2 aromatic carbocycles. The van der Waals surface area contributed by atoms with Gasteiger partial charge in [0.05, 0.1) is 26.5 Å². The highest BCUT2D eigenvalue weighted by molar-refractivity contribution is 6.25. The topological polar surface area (TPSA) is 110 Å². The first-order valence-electron chi connectivity index (χ1n) is 10.7. The van der Waals surface area contributed by atoms with E-state index in [2.05, 4.69) is 15.3 Å². The number of anilines is 1. The molecule has 34 heavy (non-hydrogen) atoms. The van der Waals surface area contributed by atoms with Crippen molar-refractivity contribution in [2.45, 2.75) is 32.5 Å². The fourth-order valence-corrected chi connectivity index (χ4v) is 4.12. The zero-order valence-electron chi connectivity index (χ0n) is 19.2. The first-order chi connectivity index (χ1) is 16.4. The van der Waals surface area contributed by atoms with E-state index in [4.69, 9.17) is 13.9 Å². The molecule has 1 aromatic heterocycles. The third-order valence-electron chi connectivity index (χ3n) is 5.99. The number of rotatable bonds is 6. The quantitative estimate of drug-likeness (QED) is 0.517. The van der Waals surface area contributed by atoms with Crippen molar-refractivity contribution in [1.29, 1.82) is 0 Å². The Kier molecular flexibility index (Phi) is 5.27. The number of amides is 2. The summed E-state index contributed by atoms with van der Waals surface area (Å²) in [4.78, 5) is 32.1. The molecule has 2 amide bonds. The van der Waals surface area contributed by atoms with Crippen LogP contribution in [0.4, 0.5) is 5.69 Å². The summed E-state index contributed by atoms with van der Waals surface area (Å²) in [6, 6.07) is 11.0. The van der Waals surface area contributed by atoms with E-state index in [1.54, 1.807) is 18.2 Å². The lowest BCUT2D eigenvalue weighted by Crippen LogP contribution is -2.39. The molecule has 2 atom stereocenters. The van der Waals surface area contributed by atoms with Gasteiger partial charge in [-0.1, -0.05) is 22.9 Å². The second-order valence-corrected chi connectivity index (χ2v) is 8.13. The van der Waals surface area contributed by atoms with Crippen molar-refractivity contribution in [1.82, 2.24) is 9.99 Å². The Hall–Kier alpha value is -4.21. The van der Waals surface area contributed by atoms with E-state index in [0.717, 1.165) is 16.0 Å². The Morgan fingerprint density at radius 1 is 0.971 bits per heavy atom. The van der Waals surface area contributed by atoms with Crippen LogP contribution < -0.4 is 14.4 Å². The zero-order chi connectivity index (χ0) is 24.0. The highest BCUT2D eigenvalue weighted by Gasteiger charge is 2.55. The molecule has 3 heterocycles. The van der Waals surface area contributed by atoms with Crippen molar-refractivity contribution in [2.24, 2.45) is 10.3 Å². The summed E-state index contributed by atoms with van der Waals surface area (Å²) in [6.07, 6.45) is 0. The number of oxazole rings is 1. The van der Waals surface area contributed by atoms with Gasteiger partial charge in [-0.3, -0.25) is 14.6 Å². The van der Waals surface area contributed by atoms with Crippen LogP contribution >= 0.6 is 0 Å². The molecule has 0 radical (unpaired) electrons. The monoisotopic (exact) mass is 461 g/mol. The molecule has 0 unspecified atom stereocenters. The predicted octanol–water partition coefficient (Wildman–Crippen LogP) is 3.47. The lowest BCUT2D eigenvalue weighted by molar-refractivity contribution is -0.123. The summed E-state index contributed by atoms with van der Waals surface area (Å²) in [6.45, 7) is 4.00. The van der Waals surface area contributed by atoms with Crippen LogP contribution in [-0.4, -0.2) is 48.1 Å². The summed E-state index contributed by atoms with van der Waals surface area (Å²) < 4.78 is 16.4. The van der Waals surface area contributed by atoms with E-state index in [-0.39, 0.29) is 6.54 Å². The maximum Gasteiger partial charge on any atom is 0.263 e.